The van der Waals surface area contributed by atoms with Crippen LogP contribution in [-0.4, -0.2) is 22.3 Å². The first kappa shape index (κ1) is 18.3. The number of nitrogens with zero attached hydrogens (tertiary/aromatic N) is 2. The van der Waals surface area contributed by atoms with Crippen LogP contribution in [0.3, 0.4) is 0 Å². The topological polar surface area (TPSA) is 85.2 Å². The minimum Gasteiger partial charge on any atom is -0.397 e. The Morgan fingerprint density at radius 1 is 1.17 bits per heavy atom. The summed E-state index contributed by atoms with van der Waals surface area (Å²) in [4.78, 5) is 21.6. The molecule has 3 aromatic heterocycles. The molecule has 4 heterocycles. The van der Waals surface area contributed by atoms with Gasteiger partial charge in [0.15, 0.2) is 0 Å². The lowest BCUT2D eigenvalue weighted by atomic mass is 9.95. The Morgan fingerprint density at radius 3 is 2.72 bits per heavy atom. The molecule has 0 unspecified atom stereocenters. The molecule has 4 aromatic rings. The Labute approximate surface area is 176 Å². The van der Waals surface area contributed by atoms with Crippen LogP contribution in [0.2, 0.25) is 0 Å². The normalized spacial score (nSPS) is 14.2. The number of primary amides is 1. The molecule has 1 aliphatic rings. The predicted octanol–water partition coefficient (Wildman–Crippen LogP) is 4.26. The third-order valence-corrected chi connectivity index (χ3v) is 7.36. The molecule has 0 saturated heterocycles. The van der Waals surface area contributed by atoms with E-state index in [1.807, 2.05) is 12.1 Å². The van der Waals surface area contributed by atoms with E-state index in [0.29, 0.717) is 10.6 Å². The molecule has 29 heavy (non-hydrogen) atoms. The number of fused-ring (bicyclic) bond motifs is 2. The molecule has 5 rings (SSSR count). The highest BCUT2D eigenvalue weighted by molar-refractivity contribution is 7.21. The fourth-order valence-corrected chi connectivity index (χ4v) is 5.83. The first-order valence-electron chi connectivity index (χ1n) is 9.45. The predicted molar refractivity (Wildman–Crippen MR) is 120 cm³/mol. The van der Waals surface area contributed by atoms with E-state index in [2.05, 4.69) is 40.6 Å². The zero-order valence-corrected chi connectivity index (χ0v) is 17.4. The number of nitrogens with two attached hydrogens (primary N) is 2. The van der Waals surface area contributed by atoms with Crippen molar-refractivity contribution >= 4 is 44.5 Å². The Morgan fingerprint density at radius 2 is 2.00 bits per heavy atom. The van der Waals surface area contributed by atoms with Gasteiger partial charge in [0.25, 0.3) is 5.91 Å². The fourth-order valence-electron chi connectivity index (χ4n) is 4.05. The molecular weight excluding hydrogens is 400 g/mol. The molecule has 0 saturated carbocycles. The minimum absolute atomic E-state index is 0.397. The lowest BCUT2D eigenvalue weighted by Crippen LogP contribution is -2.31. The Balaban J connectivity index is 1.63. The summed E-state index contributed by atoms with van der Waals surface area (Å²) >= 11 is 2.98. The molecule has 0 fully saturated rings. The van der Waals surface area contributed by atoms with E-state index in [1.54, 1.807) is 11.3 Å². The maximum absolute atomic E-state index is 11.9. The van der Waals surface area contributed by atoms with Gasteiger partial charge < -0.3 is 11.5 Å². The fraction of sp³-hybridized carbons (Fsp3) is 0.182. The minimum atomic E-state index is -0.494. The van der Waals surface area contributed by atoms with Gasteiger partial charge in [-0.15, -0.1) is 22.7 Å². The summed E-state index contributed by atoms with van der Waals surface area (Å²) in [6, 6.07) is 14.6. The van der Waals surface area contributed by atoms with E-state index in [4.69, 9.17) is 16.5 Å². The van der Waals surface area contributed by atoms with Crippen LogP contribution < -0.4 is 11.5 Å². The van der Waals surface area contributed by atoms with Gasteiger partial charge in [0, 0.05) is 35.5 Å². The molecule has 0 bridgehead atoms. The van der Waals surface area contributed by atoms with Gasteiger partial charge >= 0.3 is 0 Å². The van der Waals surface area contributed by atoms with Crippen molar-refractivity contribution in [1.82, 2.24) is 9.88 Å². The number of carbonyl (C=O) groups excluding carboxylic acids is 1. The molecule has 0 spiro atoms. The number of hydrogen-bond donors (Lipinski definition) is 2. The van der Waals surface area contributed by atoms with Crippen molar-refractivity contribution in [1.29, 1.82) is 0 Å². The van der Waals surface area contributed by atoms with Crippen LogP contribution in [0.1, 0.15) is 26.5 Å². The molecule has 1 amide bonds. The van der Waals surface area contributed by atoms with Gasteiger partial charge in [0.1, 0.15) is 9.71 Å². The smallest absolute Gasteiger partial charge is 0.260 e. The zero-order valence-electron chi connectivity index (χ0n) is 15.7. The number of rotatable bonds is 4. The highest BCUT2D eigenvalue weighted by Gasteiger charge is 2.27. The number of amides is 1. The van der Waals surface area contributed by atoms with Crippen LogP contribution in [-0.2, 0) is 19.5 Å². The van der Waals surface area contributed by atoms with Gasteiger partial charge in [-0.3, -0.25) is 9.69 Å². The molecule has 1 aliphatic heterocycles. The van der Waals surface area contributed by atoms with Crippen molar-refractivity contribution in [2.45, 2.75) is 19.5 Å². The van der Waals surface area contributed by atoms with Crippen molar-refractivity contribution in [2.24, 2.45) is 5.73 Å². The Kier molecular flexibility index (Phi) is 4.58. The number of carbonyl (C=O) groups is 1. The summed E-state index contributed by atoms with van der Waals surface area (Å²) in [5.74, 6) is -0.494. The van der Waals surface area contributed by atoms with Gasteiger partial charge in [-0.1, -0.05) is 36.4 Å². The second kappa shape index (κ2) is 7.26. The van der Waals surface area contributed by atoms with Crippen molar-refractivity contribution in [3.8, 4) is 10.4 Å². The van der Waals surface area contributed by atoms with Crippen molar-refractivity contribution < 1.29 is 4.79 Å². The summed E-state index contributed by atoms with van der Waals surface area (Å²) in [5.41, 5.74) is 17.1. The van der Waals surface area contributed by atoms with E-state index in [0.717, 1.165) is 52.4 Å². The first-order valence-corrected chi connectivity index (χ1v) is 11.1. The van der Waals surface area contributed by atoms with Gasteiger partial charge in [0.2, 0.25) is 0 Å². The van der Waals surface area contributed by atoms with E-state index in [1.165, 1.54) is 22.5 Å². The average Bonchev–Trinajstić information content (AvgIpc) is 3.35. The quantitative estimate of drug-likeness (QED) is 0.516. The third-order valence-electron chi connectivity index (χ3n) is 5.35. The molecule has 4 N–H and O–H groups in total. The standard InChI is InChI=1S/C22H20N4OS2/c23-19-18-17(16-7-4-10-28-16)14-8-9-26(11-13-5-2-1-3-6-13)12-15(14)25-22(18)29-20(19)21(24)27/h1-7,10H,8-9,11-12,23H2,(H2,24,27). The number of thiophene rings is 2. The zero-order chi connectivity index (χ0) is 20.0. The molecule has 146 valence electrons. The van der Waals surface area contributed by atoms with Crippen LogP contribution in [0.5, 0.6) is 0 Å². The second-order valence-electron chi connectivity index (χ2n) is 7.22. The molecule has 0 aliphatic carbocycles. The molecule has 0 atom stereocenters. The highest BCUT2D eigenvalue weighted by atomic mass is 32.1. The largest absolute Gasteiger partial charge is 0.397 e. The summed E-state index contributed by atoms with van der Waals surface area (Å²) in [7, 11) is 0. The average molecular weight is 421 g/mol. The van der Waals surface area contributed by atoms with Crippen molar-refractivity contribution in [2.75, 3.05) is 12.3 Å². The Hall–Kier alpha value is -2.74. The van der Waals surface area contributed by atoms with Crippen LogP contribution in [0.15, 0.2) is 47.8 Å². The highest BCUT2D eigenvalue weighted by Crippen LogP contribution is 2.44. The Bertz CT molecular complexity index is 1200. The molecule has 0 radical (unpaired) electrons. The van der Waals surface area contributed by atoms with Crippen LogP contribution >= 0.6 is 22.7 Å². The van der Waals surface area contributed by atoms with Crippen LogP contribution in [0.4, 0.5) is 5.69 Å². The van der Waals surface area contributed by atoms with Gasteiger partial charge in [-0.25, -0.2) is 4.98 Å². The molecule has 5 nitrogen and oxygen atoms in total. The van der Waals surface area contributed by atoms with E-state index in [-0.39, 0.29) is 0 Å². The number of nitrogen functional groups attached to an aromatic ring is 1. The number of aromatic nitrogens is 1. The van der Waals surface area contributed by atoms with Gasteiger partial charge in [-0.05, 0) is 29.0 Å². The second-order valence-corrected chi connectivity index (χ2v) is 9.17. The number of benzene rings is 1. The van der Waals surface area contributed by atoms with E-state index >= 15 is 0 Å². The molecule has 7 heteroatoms. The lowest BCUT2D eigenvalue weighted by molar-refractivity contribution is 0.100. The van der Waals surface area contributed by atoms with Gasteiger partial charge in [-0.2, -0.15) is 0 Å². The third kappa shape index (κ3) is 3.21. The van der Waals surface area contributed by atoms with Gasteiger partial charge in [0.05, 0.1) is 11.4 Å². The summed E-state index contributed by atoms with van der Waals surface area (Å²) in [5, 5.41) is 2.94. The van der Waals surface area contributed by atoms with Crippen molar-refractivity contribution in [3.05, 3.63) is 69.5 Å². The monoisotopic (exact) mass is 420 g/mol. The number of anilines is 1. The molecular formula is C22H20N4OS2. The van der Waals surface area contributed by atoms with Crippen LogP contribution in [0, 0.1) is 0 Å². The number of pyridine rings is 1. The maximum atomic E-state index is 11.9. The van der Waals surface area contributed by atoms with E-state index in [9.17, 15) is 4.79 Å². The lowest BCUT2D eigenvalue weighted by Gasteiger charge is -2.29. The summed E-state index contributed by atoms with van der Waals surface area (Å²) < 4.78 is 0. The SMILES string of the molecule is NC(=O)c1sc2nc3c(c(-c4cccs4)c2c1N)CCN(Cc1ccccc1)C3. The van der Waals surface area contributed by atoms with Crippen molar-refractivity contribution in [3.63, 3.8) is 0 Å². The first-order chi connectivity index (χ1) is 14.1. The molecule has 1 aromatic carbocycles. The maximum Gasteiger partial charge on any atom is 0.260 e. The number of hydrogen-bond acceptors (Lipinski definition) is 6. The van der Waals surface area contributed by atoms with Crippen LogP contribution in [0.25, 0.3) is 20.7 Å². The summed E-state index contributed by atoms with van der Waals surface area (Å²) in [6.45, 7) is 2.63. The van der Waals surface area contributed by atoms with E-state index < -0.39 is 5.91 Å². The summed E-state index contributed by atoms with van der Waals surface area (Å²) in [6.07, 6.45) is 0.902.